The van der Waals surface area contributed by atoms with Gasteiger partial charge in [0, 0.05) is 29.4 Å². The first kappa shape index (κ1) is 27.4. The maximum atomic E-state index is 14.0. The maximum absolute atomic E-state index is 14.0. The predicted octanol–water partition coefficient (Wildman–Crippen LogP) is 4.51. The number of benzene rings is 3. The van der Waals surface area contributed by atoms with Gasteiger partial charge in [0.05, 0.1) is 6.10 Å². The Hall–Kier alpha value is -4.15. The zero-order valence-corrected chi connectivity index (χ0v) is 22.6. The molecule has 1 aromatic heterocycles. The van der Waals surface area contributed by atoms with Crippen molar-refractivity contribution in [3.8, 4) is 11.4 Å². The van der Waals surface area contributed by atoms with Gasteiger partial charge < -0.3 is 10.1 Å². The molecule has 2 atom stereocenters. The van der Waals surface area contributed by atoms with Crippen LogP contribution in [-0.2, 0) is 20.9 Å². The van der Waals surface area contributed by atoms with Crippen molar-refractivity contribution in [1.82, 2.24) is 25.5 Å². The molecule has 0 spiro atoms. The van der Waals surface area contributed by atoms with Crippen LogP contribution >= 0.6 is 11.6 Å². The number of hydrogen-bond donors (Lipinski definition) is 1. The van der Waals surface area contributed by atoms with E-state index in [-0.39, 0.29) is 12.6 Å². The summed E-state index contributed by atoms with van der Waals surface area (Å²) in [5.41, 5.74) is 2.46. The molecule has 11 heteroatoms. The highest BCUT2D eigenvalue weighted by atomic mass is 35.5. The summed E-state index contributed by atoms with van der Waals surface area (Å²) in [5.74, 6) is -0.975. The largest absolute Gasteiger partial charge is 0.376 e. The lowest BCUT2D eigenvalue weighted by Gasteiger charge is -2.32. The van der Waals surface area contributed by atoms with Crippen molar-refractivity contribution in [3.05, 3.63) is 94.8 Å². The van der Waals surface area contributed by atoms with Crippen molar-refractivity contribution >= 4 is 29.1 Å². The van der Waals surface area contributed by atoms with E-state index in [9.17, 15) is 14.0 Å². The van der Waals surface area contributed by atoms with E-state index in [2.05, 4.69) is 20.7 Å². The molecule has 0 saturated carbocycles. The monoisotopic (exact) mass is 562 g/mol. The van der Waals surface area contributed by atoms with E-state index in [0.717, 1.165) is 18.4 Å². The lowest BCUT2D eigenvalue weighted by Crippen LogP contribution is -2.47. The Balaban J connectivity index is 1.48. The van der Waals surface area contributed by atoms with Crippen LogP contribution in [0, 0.1) is 12.7 Å². The lowest BCUT2D eigenvalue weighted by atomic mass is 10.0. The summed E-state index contributed by atoms with van der Waals surface area (Å²) in [6.07, 6.45) is 1.68. The molecule has 3 aromatic carbocycles. The first-order chi connectivity index (χ1) is 19.4. The third-order valence-electron chi connectivity index (χ3n) is 6.70. The topological polar surface area (TPSA) is 102 Å². The SMILES string of the molecule is Cc1ccccc1N(C(=O)Cn1nnc(-c2ccc(Cl)cc2)n1)C(C(=O)NCC1CCCO1)c1ccc(F)cc1. The number of nitrogens with zero attached hydrogens (tertiary/aromatic N) is 5. The number of carbonyl (C=O) groups excluding carboxylic acids is 2. The van der Waals surface area contributed by atoms with Crippen molar-refractivity contribution in [1.29, 1.82) is 0 Å². The maximum Gasteiger partial charge on any atom is 0.251 e. The first-order valence-corrected chi connectivity index (χ1v) is 13.3. The number of carbonyl (C=O) groups is 2. The van der Waals surface area contributed by atoms with Gasteiger partial charge in [0.2, 0.25) is 11.7 Å². The molecule has 2 unspecified atom stereocenters. The van der Waals surface area contributed by atoms with Gasteiger partial charge in [-0.05, 0) is 78.6 Å². The second-order valence-corrected chi connectivity index (χ2v) is 9.97. The molecule has 5 rings (SSSR count). The third-order valence-corrected chi connectivity index (χ3v) is 6.95. The molecular formula is C29H28ClFN6O3. The molecular weight excluding hydrogens is 535 g/mol. The van der Waals surface area contributed by atoms with E-state index < -0.39 is 23.7 Å². The average molecular weight is 563 g/mol. The molecule has 1 aliphatic rings. The Morgan fingerprint density at radius 3 is 2.58 bits per heavy atom. The Morgan fingerprint density at radius 1 is 1.12 bits per heavy atom. The van der Waals surface area contributed by atoms with Crippen LogP contribution in [0.4, 0.5) is 10.1 Å². The number of hydrogen-bond acceptors (Lipinski definition) is 6. The predicted molar refractivity (Wildman–Crippen MR) is 148 cm³/mol. The van der Waals surface area contributed by atoms with Crippen molar-refractivity contribution in [2.24, 2.45) is 0 Å². The molecule has 1 aliphatic heterocycles. The van der Waals surface area contributed by atoms with E-state index in [1.54, 1.807) is 36.4 Å². The number of rotatable bonds is 9. The zero-order chi connectivity index (χ0) is 28.1. The number of aromatic nitrogens is 4. The van der Waals surface area contributed by atoms with Crippen LogP contribution in [0.5, 0.6) is 0 Å². The van der Waals surface area contributed by atoms with Crippen LogP contribution in [0.2, 0.25) is 5.02 Å². The smallest absolute Gasteiger partial charge is 0.251 e. The number of tetrazole rings is 1. The van der Waals surface area contributed by atoms with E-state index >= 15 is 0 Å². The molecule has 0 aliphatic carbocycles. The molecule has 0 bridgehead atoms. The van der Waals surface area contributed by atoms with Gasteiger partial charge in [0.1, 0.15) is 18.4 Å². The molecule has 2 heterocycles. The molecule has 1 saturated heterocycles. The molecule has 40 heavy (non-hydrogen) atoms. The molecule has 206 valence electrons. The number of amides is 2. The average Bonchev–Trinajstić information content (AvgIpc) is 3.65. The van der Waals surface area contributed by atoms with Crippen LogP contribution in [0.25, 0.3) is 11.4 Å². The lowest BCUT2D eigenvalue weighted by molar-refractivity contribution is -0.127. The van der Waals surface area contributed by atoms with E-state index in [0.29, 0.717) is 40.8 Å². The second kappa shape index (κ2) is 12.4. The van der Waals surface area contributed by atoms with Crippen LogP contribution in [0.1, 0.15) is 30.0 Å². The number of ether oxygens (including phenoxy) is 1. The highest BCUT2D eigenvalue weighted by Crippen LogP contribution is 2.31. The highest BCUT2D eigenvalue weighted by Gasteiger charge is 2.34. The minimum absolute atomic E-state index is 0.0916. The summed E-state index contributed by atoms with van der Waals surface area (Å²) in [6.45, 7) is 2.53. The Labute approximate surface area is 235 Å². The van der Waals surface area contributed by atoms with Gasteiger partial charge in [-0.25, -0.2) is 4.39 Å². The third kappa shape index (κ3) is 6.35. The Bertz CT molecular complexity index is 1470. The summed E-state index contributed by atoms with van der Waals surface area (Å²) < 4.78 is 19.5. The first-order valence-electron chi connectivity index (χ1n) is 13.0. The second-order valence-electron chi connectivity index (χ2n) is 9.53. The quantitative estimate of drug-likeness (QED) is 0.322. The van der Waals surface area contributed by atoms with Gasteiger partial charge in [0.15, 0.2) is 0 Å². The molecule has 4 aromatic rings. The van der Waals surface area contributed by atoms with Crippen LogP contribution in [0.15, 0.2) is 72.8 Å². The van der Waals surface area contributed by atoms with Gasteiger partial charge in [-0.1, -0.05) is 41.9 Å². The molecule has 2 amide bonds. The molecule has 1 fully saturated rings. The summed E-state index contributed by atoms with van der Waals surface area (Å²) in [6, 6.07) is 18.7. The van der Waals surface area contributed by atoms with Crippen LogP contribution in [0.3, 0.4) is 0 Å². The Morgan fingerprint density at radius 2 is 1.88 bits per heavy atom. The van der Waals surface area contributed by atoms with Gasteiger partial charge in [0.25, 0.3) is 5.91 Å². The van der Waals surface area contributed by atoms with E-state index in [1.807, 2.05) is 19.1 Å². The number of nitrogens with one attached hydrogen (secondary N) is 1. The standard InChI is InChI=1S/C29H28ClFN6O3/c1-19-5-2-3-7-25(19)37(26(38)18-36-34-28(33-35-36)21-8-12-22(30)13-9-21)27(20-10-14-23(31)15-11-20)29(39)32-17-24-6-4-16-40-24/h2-3,5,7-15,24,27H,4,6,16-18H2,1H3,(H,32,39). The molecule has 0 radical (unpaired) electrons. The number of anilines is 1. The molecule has 9 nitrogen and oxygen atoms in total. The number of para-hydroxylation sites is 1. The van der Waals surface area contributed by atoms with E-state index in [4.69, 9.17) is 16.3 Å². The normalized spacial score (nSPS) is 15.5. The Kier molecular flexibility index (Phi) is 8.47. The highest BCUT2D eigenvalue weighted by molar-refractivity contribution is 6.30. The van der Waals surface area contributed by atoms with Crippen molar-refractivity contribution < 1.29 is 18.7 Å². The summed E-state index contributed by atoms with van der Waals surface area (Å²) in [4.78, 5) is 30.4. The summed E-state index contributed by atoms with van der Waals surface area (Å²) in [5, 5.41) is 16.0. The summed E-state index contributed by atoms with van der Waals surface area (Å²) in [7, 11) is 0. The van der Waals surface area contributed by atoms with Crippen molar-refractivity contribution in [2.45, 2.75) is 38.5 Å². The minimum atomic E-state index is -1.09. The fraction of sp³-hybridized carbons (Fsp3) is 0.276. The molecule has 1 N–H and O–H groups in total. The fourth-order valence-corrected chi connectivity index (χ4v) is 4.78. The number of aryl methyl sites for hydroxylation is 1. The van der Waals surface area contributed by atoms with Crippen molar-refractivity contribution in [2.75, 3.05) is 18.1 Å². The fourth-order valence-electron chi connectivity index (χ4n) is 4.65. The van der Waals surface area contributed by atoms with Crippen LogP contribution in [-0.4, -0.2) is 51.3 Å². The summed E-state index contributed by atoms with van der Waals surface area (Å²) >= 11 is 5.98. The van der Waals surface area contributed by atoms with Crippen LogP contribution < -0.4 is 10.2 Å². The van der Waals surface area contributed by atoms with E-state index in [1.165, 1.54) is 34.0 Å². The van der Waals surface area contributed by atoms with Gasteiger partial charge >= 0.3 is 0 Å². The number of halogens is 2. The van der Waals surface area contributed by atoms with Gasteiger partial charge in [-0.15, -0.1) is 10.2 Å². The van der Waals surface area contributed by atoms with Gasteiger partial charge in [-0.2, -0.15) is 4.80 Å². The zero-order valence-electron chi connectivity index (χ0n) is 21.8. The van der Waals surface area contributed by atoms with Gasteiger partial charge in [-0.3, -0.25) is 14.5 Å². The minimum Gasteiger partial charge on any atom is -0.376 e. The van der Waals surface area contributed by atoms with Crippen molar-refractivity contribution in [3.63, 3.8) is 0 Å².